The van der Waals surface area contributed by atoms with Crippen LogP contribution in [0.5, 0.6) is 0 Å². The Bertz CT molecular complexity index is 757. The minimum Gasteiger partial charge on any atom is -0.480 e. The lowest BCUT2D eigenvalue weighted by molar-refractivity contribution is -0.172. The first kappa shape index (κ1) is 25.0. The number of likely N-dealkylation sites (N-methyl/N-ethyl adjacent to an activating group) is 1. The average molecular weight is 464 g/mol. The molecular formula is C27H45NO5. The Labute approximate surface area is 199 Å². The zero-order valence-corrected chi connectivity index (χ0v) is 21.0. The Kier molecular flexibility index (Phi) is 6.92. The van der Waals surface area contributed by atoms with Gasteiger partial charge in [-0.15, -0.1) is 0 Å². The second kappa shape index (κ2) is 9.14. The predicted octanol–water partition coefficient (Wildman–Crippen LogP) is 3.94. The molecule has 0 spiro atoms. The highest BCUT2D eigenvalue weighted by molar-refractivity contribution is 5.80. The first-order valence-corrected chi connectivity index (χ1v) is 13.3. The summed E-state index contributed by atoms with van der Waals surface area (Å²) in [5, 5.41) is 30.4. The van der Waals surface area contributed by atoms with Crippen molar-refractivity contribution in [2.24, 2.45) is 46.3 Å². The van der Waals surface area contributed by atoms with Gasteiger partial charge in [0.1, 0.15) is 6.54 Å². The third-order valence-corrected chi connectivity index (χ3v) is 11.0. The number of aliphatic hydroxyl groups is 2. The molecule has 6 nitrogen and oxygen atoms in total. The van der Waals surface area contributed by atoms with E-state index in [4.69, 9.17) is 5.11 Å². The molecule has 0 aromatic carbocycles. The number of carbonyl (C=O) groups is 2. The highest BCUT2D eigenvalue weighted by atomic mass is 16.4. The number of hydrogen-bond donors (Lipinski definition) is 3. The van der Waals surface area contributed by atoms with Crippen molar-refractivity contribution in [3.63, 3.8) is 0 Å². The Morgan fingerprint density at radius 3 is 2.33 bits per heavy atom. The molecule has 4 fully saturated rings. The first-order chi connectivity index (χ1) is 15.5. The summed E-state index contributed by atoms with van der Waals surface area (Å²) in [6, 6.07) is 0. The van der Waals surface area contributed by atoms with Crippen LogP contribution in [-0.4, -0.2) is 57.9 Å². The van der Waals surface area contributed by atoms with E-state index in [9.17, 15) is 19.8 Å². The van der Waals surface area contributed by atoms with Gasteiger partial charge in [0.2, 0.25) is 5.91 Å². The molecule has 0 aliphatic heterocycles. The lowest BCUT2D eigenvalue weighted by atomic mass is 9.44. The summed E-state index contributed by atoms with van der Waals surface area (Å²) in [6.45, 7) is 6.93. The van der Waals surface area contributed by atoms with Crippen molar-refractivity contribution < 1.29 is 24.9 Å². The van der Waals surface area contributed by atoms with Gasteiger partial charge in [0.05, 0.1) is 12.2 Å². The molecule has 6 heteroatoms. The van der Waals surface area contributed by atoms with E-state index in [0.29, 0.717) is 36.0 Å². The summed E-state index contributed by atoms with van der Waals surface area (Å²) in [4.78, 5) is 24.6. The monoisotopic (exact) mass is 463 g/mol. The van der Waals surface area contributed by atoms with Crippen LogP contribution in [0, 0.1) is 46.3 Å². The van der Waals surface area contributed by atoms with Gasteiger partial charge < -0.3 is 20.2 Å². The molecule has 4 saturated carbocycles. The van der Waals surface area contributed by atoms with E-state index in [-0.39, 0.29) is 41.4 Å². The first-order valence-electron chi connectivity index (χ1n) is 13.3. The zero-order chi connectivity index (χ0) is 24.1. The highest BCUT2D eigenvalue weighted by Gasteiger charge is 2.62. The fourth-order valence-corrected chi connectivity index (χ4v) is 9.29. The van der Waals surface area contributed by atoms with Gasteiger partial charge in [-0.3, -0.25) is 9.59 Å². The maximum Gasteiger partial charge on any atom is 0.323 e. The molecule has 33 heavy (non-hydrogen) atoms. The number of fused-ring (bicyclic) bond motifs is 5. The molecule has 0 heterocycles. The van der Waals surface area contributed by atoms with Gasteiger partial charge in [0.25, 0.3) is 0 Å². The van der Waals surface area contributed by atoms with Crippen molar-refractivity contribution in [2.45, 2.75) is 97.2 Å². The molecule has 0 bridgehead atoms. The van der Waals surface area contributed by atoms with Crippen molar-refractivity contribution >= 4 is 11.9 Å². The third-order valence-electron chi connectivity index (χ3n) is 11.0. The molecular weight excluding hydrogens is 418 g/mol. The van der Waals surface area contributed by atoms with Crippen molar-refractivity contribution in [3.05, 3.63) is 0 Å². The quantitative estimate of drug-likeness (QED) is 0.554. The standard InChI is InChI=1S/C27H45NO5/c1-16(5-8-24(31)28(4)15-25(32)33)19-6-7-20-18-14-23(30)22-13-17(29)9-11-27(22,3)21(18)10-12-26(19,20)2/h16-23,29-30H,5-15H2,1-4H3,(H,32,33)/t16-,17-,18+,19-,20+,21+,22+,23+,26-,27-/m1/s1. The van der Waals surface area contributed by atoms with Crippen molar-refractivity contribution in [1.29, 1.82) is 0 Å². The van der Waals surface area contributed by atoms with Crippen LogP contribution < -0.4 is 0 Å². The number of nitrogens with zero attached hydrogens (tertiary/aromatic N) is 1. The van der Waals surface area contributed by atoms with Crippen LogP contribution in [-0.2, 0) is 9.59 Å². The van der Waals surface area contributed by atoms with E-state index in [1.54, 1.807) is 7.05 Å². The smallest absolute Gasteiger partial charge is 0.323 e. The van der Waals surface area contributed by atoms with Crippen molar-refractivity contribution in [3.8, 4) is 0 Å². The van der Waals surface area contributed by atoms with Crippen LogP contribution in [0.1, 0.15) is 85.0 Å². The Hall–Kier alpha value is -1.14. The van der Waals surface area contributed by atoms with Crippen LogP contribution in [0.25, 0.3) is 0 Å². The molecule has 0 saturated heterocycles. The lowest BCUT2D eigenvalue weighted by Gasteiger charge is -2.62. The third kappa shape index (κ3) is 4.35. The Morgan fingerprint density at radius 2 is 1.64 bits per heavy atom. The van der Waals surface area contributed by atoms with E-state index in [0.717, 1.165) is 32.1 Å². The van der Waals surface area contributed by atoms with E-state index < -0.39 is 5.97 Å². The molecule has 1 amide bonds. The summed E-state index contributed by atoms with van der Waals surface area (Å²) < 4.78 is 0. The molecule has 0 aromatic heterocycles. The van der Waals surface area contributed by atoms with Gasteiger partial charge in [0.15, 0.2) is 0 Å². The van der Waals surface area contributed by atoms with Gasteiger partial charge in [-0.2, -0.15) is 0 Å². The molecule has 4 aliphatic carbocycles. The van der Waals surface area contributed by atoms with Crippen LogP contribution >= 0.6 is 0 Å². The van der Waals surface area contributed by atoms with Gasteiger partial charge in [-0.05, 0) is 104 Å². The number of carboxylic acids is 1. The SMILES string of the molecule is C[C@H](CCC(=O)N(C)CC(=O)O)[C@H]1CC[C@H]2[C@@H]3C[C@H](O)[C@@H]4C[C@H](O)CC[C@]4(C)[C@H]3CC[C@]12C. The van der Waals surface area contributed by atoms with Gasteiger partial charge in [-0.25, -0.2) is 0 Å². The van der Waals surface area contributed by atoms with Crippen LogP contribution in [0.2, 0.25) is 0 Å². The minimum atomic E-state index is -0.972. The number of carbonyl (C=O) groups excluding carboxylic acids is 1. The number of rotatable bonds is 6. The summed E-state index contributed by atoms with van der Waals surface area (Å²) in [7, 11) is 1.57. The molecule has 3 N–H and O–H groups in total. The van der Waals surface area contributed by atoms with Crippen molar-refractivity contribution in [2.75, 3.05) is 13.6 Å². The molecule has 0 aromatic rings. The van der Waals surface area contributed by atoms with Crippen molar-refractivity contribution in [1.82, 2.24) is 4.90 Å². The summed E-state index contributed by atoms with van der Waals surface area (Å²) in [6.07, 6.45) is 9.07. The molecule has 188 valence electrons. The predicted molar refractivity (Wildman–Crippen MR) is 126 cm³/mol. The molecule has 0 radical (unpaired) electrons. The number of carboxylic acid groups (broad SMARTS) is 1. The molecule has 0 unspecified atom stereocenters. The van der Waals surface area contributed by atoms with E-state index in [1.165, 1.54) is 30.6 Å². The zero-order valence-electron chi connectivity index (χ0n) is 21.0. The topological polar surface area (TPSA) is 98.1 Å². The number of hydrogen-bond acceptors (Lipinski definition) is 4. The second-order valence-corrected chi connectivity index (χ2v) is 12.6. The Morgan fingerprint density at radius 1 is 0.970 bits per heavy atom. The van der Waals surface area contributed by atoms with E-state index >= 15 is 0 Å². The Balaban J connectivity index is 1.43. The van der Waals surface area contributed by atoms with Crippen LogP contribution in [0.4, 0.5) is 0 Å². The van der Waals surface area contributed by atoms with Crippen LogP contribution in [0.15, 0.2) is 0 Å². The van der Waals surface area contributed by atoms with Gasteiger partial charge in [-0.1, -0.05) is 20.8 Å². The fraction of sp³-hybridized carbons (Fsp3) is 0.926. The highest BCUT2D eigenvalue weighted by Crippen LogP contribution is 2.68. The molecule has 4 rings (SSSR count). The van der Waals surface area contributed by atoms with E-state index in [2.05, 4.69) is 20.8 Å². The number of amides is 1. The maximum absolute atomic E-state index is 12.4. The van der Waals surface area contributed by atoms with Gasteiger partial charge in [0, 0.05) is 13.5 Å². The maximum atomic E-state index is 12.4. The van der Waals surface area contributed by atoms with Crippen LogP contribution in [0.3, 0.4) is 0 Å². The molecule has 4 aliphatic rings. The minimum absolute atomic E-state index is 0.0819. The number of aliphatic carboxylic acids is 1. The average Bonchev–Trinajstić information content (AvgIpc) is 3.10. The lowest BCUT2D eigenvalue weighted by Crippen LogP contribution is -2.58. The fourth-order valence-electron chi connectivity index (χ4n) is 9.29. The number of aliphatic hydroxyl groups excluding tert-OH is 2. The molecule has 10 atom stereocenters. The van der Waals surface area contributed by atoms with Gasteiger partial charge >= 0.3 is 5.97 Å². The van der Waals surface area contributed by atoms with E-state index in [1.807, 2.05) is 0 Å². The summed E-state index contributed by atoms with van der Waals surface area (Å²) in [5.74, 6) is 2.04. The second-order valence-electron chi connectivity index (χ2n) is 12.6. The largest absolute Gasteiger partial charge is 0.480 e. The normalized spacial score (nSPS) is 45.5. The summed E-state index contributed by atoms with van der Waals surface area (Å²) >= 11 is 0. The summed E-state index contributed by atoms with van der Waals surface area (Å²) in [5.41, 5.74) is 0.404.